The molecule has 33 heavy (non-hydrogen) atoms. The molecule has 4 rings (SSSR count). The monoisotopic (exact) mass is 538 g/mol. The van der Waals surface area contributed by atoms with Gasteiger partial charge in [0, 0.05) is 0 Å². The van der Waals surface area contributed by atoms with Gasteiger partial charge in [0.05, 0.1) is 6.61 Å². The van der Waals surface area contributed by atoms with Crippen molar-refractivity contribution < 1.29 is 66.2 Å². The molecule has 0 bridgehead atoms. The molecule has 2 saturated heterocycles. The molecule has 0 aromatic heterocycles. The van der Waals surface area contributed by atoms with E-state index in [0.29, 0.717) is 0 Å². The van der Waals surface area contributed by atoms with E-state index in [0.717, 1.165) is 0 Å². The average molecular weight is 538 g/mol. The number of nitrogens with zero attached hydrogens (tertiary/aromatic N) is 4. The van der Waals surface area contributed by atoms with Crippen LogP contribution in [0.4, 0.5) is 0 Å². The van der Waals surface area contributed by atoms with Gasteiger partial charge in [0.2, 0.25) is 5.96 Å². The van der Waals surface area contributed by atoms with Crippen LogP contribution in [0.2, 0.25) is 0 Å². The highest BCUT2D eigenvalue weighted by Gasteiger charge is 2.59. The Bertz CT molecular complexity index is 1070. The van der Waals surface area contributed by atoms with Gasteiger partial charge in [0.15, 0.2) is 17.8 Å². The molecule has 4 heterocycles. The van der Waals surface area contributed by atoms with Gasteiger partial charge in [-0.05, 0) is 0 Å². The van der Waals surface area contributed by atoms with E-state index >= 15 is 0 Å². The zero-order chi connectivity index (χ0) is 24.4. The number of nitrogens with two attached hydrogens (primary N) is 1. The van der Waals surface area contributed by atoms with E-state index in [2.05, 4.69) is 33.6 Å². The summed E-state index contributed by atoms with van der Waals surface area (Å²) in [4.78, 5) is 54.2. The molecule has 186 valence electrons. The Morgan fingerprint density at radius 2 is 1.82 bits per heavy atom. The lowest BCUT2D eigenvalue weighted by Gasteiger charge is -2.28. The second kappa shape index (κ2) is 8.20. The molecular weight excluding hydrogens is 521 g/mol. The summed E-state index contributed by atoms with van der Waals surface area (Å²) >= 11 is 0. The van der Waals surface area contributed by atoms with Crippen LogP contribution in [0.5, 0.6) is 0 Å². The third-order valence-corrected chi connectivity index (χ3v) is 8.24. The molecule has 0 aromatic rings. The van der Waals surface area contributed by atoms with Gasteiger partial charge in [-0.25, -0.2) is 18.5 Å². The molecule has 2 unspecified atom stereocenters. The smallest absolute Gasteiger partial charge is 0.387 e. The van der Waals surface area contributed by atoms with Crippen molar-refractivity contribution in [3.63, 3.8) is 0 Å². The summed E-state index contributed by atoms with van der Waals surface area (Å²) in [6.45, 7) is -1.08. The van der Waals surface area contributed by atoms with Crippen LogP contribution in [0.1, 0.15) is 0 Å². The Labute approximate surface area is 182 Å². The highest BCUT2D eigenvalue weighted by molar-refractivity contribution is 7.66. The Balaban J connectivity index is 1.40. The number of fused-ring (bicyclic) bond motifs is 2. The maximum Gasteiger partial charge on any atom is 0.490 e. The van der Waals surface area contributed by atoms with Gasteiger partial charge in [0.25, 0.3) is 0 Å². The summed E-state index contributed by atoms with van der Waals surface area (Å²) in [7, 11) is -16.7. The zero-order valence-electron chi connectivity index (χ0n) is 15.9. The van der Waals surface area contributed by atoms with Crippen LogP contribution in [-0.4, -0.2) is 95.9 Å². The van der Waals surface area contributed by atoms with Crippen LogP contribution in [0, 0.1) is 0 Å². The summed E-state index contributed by atoms with van der Waals surface area (Å²) in [6, 6.07) is 0. The van der Waals surface area contributed by atoms with Gasteiger partial charge in [0.1, 0.15) is 25.0 Å². The van der Waals surface area contributed by atoms with Crippen LogP contribution in [0.25, 0.3) is 0 Å². The summed E-state index contributed by atoms with van der Waals surface area (Å²) < 4.78 is 51.0. The molecule has 2 fully saturated rings. The van der Waals surface area contributed by atoms with Gasteiger partial charge in [-0.15, -0.1) is 5.48 Å². The van der Waals surface area contributed by atoms with Crippen molar-refractivity contribution in [3.8, 4) is 0 Å². The van der Waals surface area contributed by atoms with Gasteiger partial charge in [-0.3, -0.25) is 9.52 Å². The van der Waals surface area contributed by atoms with E-state index < -0.39 is 60.5 Å². The fourth-order valence-electron chi connectivity index (χ4n) is 3.13. The summed E-state index contributed by atoms with van der Waals surface area (Å²) in [5.74, 6) is -1.36. The first-order valence-corrected chi connectivity index (χ1v) is 13.1. The number of aliphatic imine (C=N–C) groups is 3. The largest absolute Gasteiger partial charge is 0.490 e. The van der Waals surface area contributed by atoms with Crippen molar-refractivity contribution in [1.82, 2.24) is 10.4 Å². The van der Waals surface area contributed by atoms with E-state index in [1.807, 2.05) is 0 Å². The van der Waals surface area contributed by atoms with Crippen molar-refractivity contribution in [2.24, 2.45) is 20.7 Å². The van der Waals surface area contributed by atoms with Crippen LogP contribution >= 0.6 is 23.5 Å². The molecule has 9 N–H and O–H groups in total. The van der Waals surface area contributed by atoms with Gasteiger partial charge >= 0.3 is 29.3 Å². The number of aliphatic hydroxyl groups is 2. The van der Waals surface area contributed by atoms with Gasteiger partial charge < -0.3 is 45.2 Å². The number of amidine groups is 1. The number of phosphoric acid groups is 3. The van der Waals surface area contributed by atoms with Crippen LogP contribution in [0.3, 0.4) is 0 Å². The molecule has 7 atom stereocenters. The van der Waals surface area contributed by atoms with Crippen LogP contribution in [0.15, 0.2) is 15.0 Å². The van der Waals surface area contributed by atoms with Gasteiger partial charge in [-0.1, -0.05) is 0 Å². The Morgan fingerprint density at radius 1 is 1.15 bits per heavy atom. The van der Waals surface area contributed by atoms with Crippen molar-refractivity contribution in [2.45, 2.75) is 30.4 Å². The van der Waals surface area contributed by atoms with E-state index in [9.17, 15) is 28.8 Å². The molecule has 0 radical (unpaired) electrons. The number of aliphatic hydroxyl groups excluding tert-OH is 2. The molecule has 4 aliphatic heterocycles. The second-order valence-electron chi connectivity index (χ2n) is 6.80. The maximum absolute atomic E-state index is 11.9. The second-order valence-corrected chi connectivity index (χ2v) is 11.2. The number of hydroxylamine groups is 1. The SMILES string of the molecule is NC1=N[C@@]2(NO2)C2=NCN([C@@H]3O[C@H](COP(=O)(O)OP(=O)(O)OP(=O)(O)O)[C@@H](O)[C@H]3O)C2=N1. The van der Waals surface area contributed by atoms with Gasteiger partial charge in [-0.2, -0.15) is 18.6 Å². The fourth-order valence-corrected chi connectivity index (χ4v) is 6.16. The van der Waals surface area contributed by atoms with Crippen molar-refractivity contribution >= 4 is 41.0 Å². The third-order valence-electron chi connectivity index (χ3n) is 4.44. The highest BCUT2D eigenvalue weighted by atomic mass is 31.3. The lowest BCUT2D eigenvalue weighted by molar-refractivity contribution is -0.0680. The minimum Gasteiger partial charge on any atom is -0.387 e. The number of ether oxygens (including phenoxy) is 1. The number of phosphoric ester groups is 1. The fraction of sp³-hybridized carbons (Fsp3) is 0.700. The first-order chi connectivity index (χ1) is 15.1. The molecule has 23 heteroatoms. The summed E-state index contributed by atoms with van der Waals surface area (Å²) in [5, 5.41) is 20.6. The zero-order valence-corrected chi connectivity index (χ0v) is 18.6. The first kappa shape index (κ1) is 24.9. The van der Waals surface area contributed by atoms with E-state index in [-0.39, 0.29) is 24.2 Å². The van der Waals surface area contributed by atoms with Crippen molar-refractivity contribution in [1.29, 1.82) is 0 Å². The average Bonchev–Trinajstić information content (AvgIpc) is 3.16. The van der Waals surface area contributed by atoms with E-state index in [1.165, 1.54) is 4.90 Å². The molecular formula is C10H17N6O14P3. The lowest BCUT2D eigenvalue weighted by Crippen LogP contribution is -2.50. The summed E-state index contributed by atoms with van der Waals surface area (Å²) in [5.41, 5.74) is 8.40. The molecule has 0 saturated carbocycles. The number of rotatable bonds is 8. The highest BCUT2D eigenvalue weighted by Crippen LogP contribution is 2.66. The Morgan fingerprint density at radius 3 is 2.42 bits per heavy atom. The number of guanidine groups is 1. The minimum absolute atomic E-state index is 0.110. The molecule has 0 aliphatic carbocycles. The molecule has 4 aliphatic rings. The molecule has 20 nitrogen and oxygen atoms in total. The molecule has 1 spiro atoms. The predicted molar refractivity (Wildman–Crippen MR) is 101 cm³/mol. The van der Waals surface area contributed by atoms with Crippen molar-refractivity contribution in [2.75, 3.05) is 13.3 Å². The normalized spacial score (nSPS) is 37.2. The van der Waals surface area contributed by atoms with Crippen LogP contribution < -0.4 is 11.2 Å². The molecule has 0 amide bonds. The number of nitrogens with one attached hydrogen (secondary N) is 1. The lowest BCUT2D eigenvalue weighted by atomic mass is 10.1. The Kier molecular flexibility index (Phi) is 6.19. The standard InChI is InChI=1S/C10H17N6O14P3/c11-9-13-7-6(10(14-9)15-28-10)12-2-16(7)8-5(18)4(17)3(27-8)1-26-32(22,23)30-33(24,25)29-31(19,20)21/h3-5,8,15,17-18H,1-2H2,(H2,11,14)(H,22,23)(H,24,25)(H2,19,20,21)/t3-,4-,5-,8-,10-/m1/s1. The summed E-state index contributed by atoms with van der Waals surface area (Å²) in [6.07, 6.45) is -6.07. The Hall–Kier alpha value is -1.18. The first-order valence-electron chi connectivity index (χ1n) is 8.62. The van der Waals surface area contributed by atoms with Crippen molar-refractivity contribution in [3.05, 3.63) is 0 Å². The predicted octanol–water partition coefficient (Wildman–Crippen LogP) is -3.59. The minimum atomic E-state index is -5.72. The van der Waals surface area contributed by atoms with E-state index in [1.54, 1.807) is 0 Å². The number of hydrogen-bond donors (Lipinski definition) is 8. The maximum atomic E-state index is 11.9. The number of hydrogen-bond acceptors (Lipinski definition) is 16. The molecule has 0 aromatic carbocycles. The van der Waals surface area contributed by atoms with Crippen LogP contribution in [-0.2, 0) is 36.4 Å². The third kappa shape index (κ3) is 5.25. The van der Waals surface area contributed by atoms with E-state index in [4.69, 9.17) is 30.0 Å². The topological polar surface area (TPSA) is 310 Å². The quantitative estimate of drug-likeness (QED) is 0.109.